The smallest absolute Gasteiger partial charge is 0.173 e. The number of thioether (sulfide) groups is 1. The SMILES string of the molecule is COc1ccccc1SCC(=O)c1cccc(C)c1. The molecule has 0 atom stereocenters. The van der Waals surface area contributed by atoms with E-state index >= 15 is 0 Å². The van der Waals surface area contributed by atoms with Crippen LogP contribution in [0, 0.1) is 6.92 Å². The highest BCUT2D eigenvalue weighted by atomic mass is 32.2. The van der Waals surface area contributed by atoms with Crippen LogP contribution in [-0.2, 0) is 0 Å². The summed E-state index contributed by atoms with van der Waals surface area (Å²) in [5.74, 6) is 1.37. The van der Waals surface area contributed by atoms with Crippen LogP contribution in [0.25, 0.3) is 0 Å². The zero-order chi connectivity index (χ0) is 13.7. The molecule has 0 radical (unpaired) electrons. The molecule has 98 valence electrons. The van der Waals surface area contributed by atoms with Crippen molar-refractivity contribution >= 4 is 17.5 Å². The Bertz CT molecular complexity index is 578. The Labute approximate surface area is 117 Å². The molecule has 0 saturated heterocycles. The fourth-order valence-corrected chi connectivity index (χ4v) is 2.70. The number of carbonyl (C=O) groups is 1. The minimum atomic E-state index is 0.139. The second-order valence-electron chi connectivity index (χ2n) is 4.23. The average molecular weight is 272 g/mol. The lowest BCUT2D eigenvalue weighted by Crippen LogP contribution is -2.02. The molecule has 0 bridgehead atoms. The van der Waals surface area contributed by atoms with Gasteiger partial charge in [-0.2, -0.15) is 0 Å². The van der Waals surface area contributed by atoms with Crippen LogP contribution in [0.4, 0.5) is 0 Å². The fourth-order valence-electron chi connectivity index (χ4n) is 1.78. The molecule has 0 saturated carbocycles. The number of Topliss-reactive ketones (excluding diaryl/α,β-unsaturated/α-hetero) is 1. The number of ketones is 1. The highest BCUT2D eigenvalue weighted by Gasteiger charge is 2.09. The predicted octanol–water partition coefficient (Wildman–Crippen LogP) is 3.98. The summed E-state index contributed by atoms with van der Waals surface area (Å²) in [5, 5.41) is 0. The van der Waals surface area contributed by atoms with E-state index in [9.17, 15) is 4.79 Å². The number of hydrogen-bond acceptors (Lipinski definition) is 3. The van der Waals surface area contributed by atoms with Crippen molar-refractivity contribution in [2.75, 3.05) is 12.9 Å². The fraction of sp³-hybridized carbons (Fsp3) is 0.188. The third-order valence-electron chi connectivity index (χ3n) is 2.77. The summed E-state index contributed by atoms with van der Waals surface area (Å²) < 4.78 is 5.27. The number of benzene rings is 2. The van der Waals surface area contributed by atoms with Gasteiger partial charge in [0.1, 0.15) is 5.75 Å². The van der Waals surface area contributed by atoms with E-state index in [4.69, 9.17) is 4.74 Å². The summed E-state index contributed by atoms with van der Waals surface area (Å²) in [6, 6.07) is 15.4. The lowest BCUT2D eigenvalue weighted by Gasteiger charge is -2.07. The van der Waals surface area contributed by atoms with E-state index in [1.54, 1.807) is 7.11 Å². The monoisotopic (exact) mass is 272 g/mol. The highest BCUT2D eigenvalue weighted by Crippen LogP contribution is 2.29. The van der Waals surface area contributed by atoms with Gasteiger partial charge in [0.05, 0.1) is 12.9 Å². The highest BCUT2D eigenvalue weighted by molar-refractivity contribution is 8.00. The minimum Gasteiger partial charge on any atom is -0.496 e. The van der Waals surface area contributed by atoms with Gasteiger partial charge >= 0.3 is 0 Å². The van der Waals surface area contributed by atoms with Crippen molar-refractivity contribution in [1.29, 1.82) is 0 Å². The Morgan fingerprint density at radius 2 is 1.95 bits per heavy atom. The van der Waals surface area contributed by atoms with Crippen molar-refractivity contribution in [2.45, 2.75) is 11.8 Å². The molecule has 0 aliphatic rings. The van der Waals surface area contributed by atoms with E-state index in [2.05, 4.69) is 0 Å². The number of hydrogen-bond donors (Lipinski definition) is 0. The molecule has 2 rings (SSSR count). The number of rotatable bonds is 5. The third kappa shape index (κ3) is 3.61. The van der Waals surface area contributed by atoms with Gasteiger partial charge in [-0.05, 0) is 25.1 Å². The molecular weight excluding hydrogens is 256 g/mol. The molecule has 0 aliphatic heterocycles. The van der Waals surface area contributed by atoms with Crippen LogP contribution < -0.4 is 4.74 Å². The van der Waals surface area contributed by atoms with Crippen molar-refractivity contribution in [3.05, 3.63) is 59.7 Å². The van der Waals surface area contributed by atoms with Gasteiger partial charge in [-0.3, -0.25) is 4.79 Å². The molecule has 2 aromatic carbocycles. The Morgan fingerprint density at radius 3 is 2.68 bits per heavy atom. The molecule has 0 aromatic heterocycles. The van der Waals surface area contributed by atoms with Gasteiger partial charge in [-0.25, -0.2) is 0 Å². The van der Waals surface area contributed by atoms with Gasteiger partial charge in [0, 0.05) is 10.5 Å². The normalized spacial score (nSPS) is 10.2. The van der Waals surface area contributed by atoms with E-state index in [1.807, 2.05) is 55.5 Å². The van der Waals surface area contributed by atoms with Crippen LogP contribution in [0.15, 0.2) is 53.4 Å². The van der Waals surface area contributed by atoms with Crippen LogP contribution in [0.1, 0.15) is 15.9 Å². The number of para-hydroxylation sites is 1. The molecule has 0 heterocycles. The summed E-state index contributed by atoms with van der Waals surface area (Å²) in [5.41, 5.74) is 1.87. The molecule has 0 N–H and O–H groups in total. The number of carbonyl (C=O) groups excluding carboxylic acids is 1. The van der Waals surface area contributed by atoms with Gasteiger partial charge in [-0.1, -0.05) is 35.9 Å². The first-order chi connectivity index (χ1) is 9.20. The van der Waals surface area contributed by atoms with E-state index < -0.39 is 0 Å². The number of ether oxygens (including phenoxy) is 1. The van der Waals surface area contributed by atoms with Crippen LogP contribution in [0.2, 0.25) is 0 Å². The average Bonchev–Trinajstić information content (AvgIpc) is 2.45. The van der Waals surface area contributed by atoms with E-state index in [1.165, 1.54) is 11.8 Å². The van der Waals surface area contributed by atoms with Gasteiger partial charge in [0.25, 0.3) is 0 Å². The summed E-state index contributed by atoms with van der Waals surface area (Å²) in [6.07, 6.45) is 0. The predicted molar refractivity (Wildman–Crippen MR) is 79.2 cm³/mol. The van der Waals surface area contributed by atoms with Crippen molar-refractivity contribution in [2.24, 2.45) is 0 Å². The summed E-state index contributed by atoms with van der Waals surface area (Å²) in [6.45, 7) is 1.99. The van der Waals surface area contributed by atoms with E-state index in [-0.39, 0.29) is 5.78 Å². The first-order valence-corrected chi connectivity index (χ1v) is 7.05. The summed E-state index contributed by atoms with van der Waals surface area (Å²) in [4.78, 5) is 13.1. The molecule has 2 aromatic rings. The Hall–Kier alpha value is -1.74. The Morgan fingerprint density at radius 1 is 1.16 bits per heavy atom. The van der Waals surface area contributed by atoms with Gasteiger partial charge in [0.2, 0.25) is 0 Å². The van der Waals surface area contributed by atoms with E-state index in [0.717, 1.165) is 21.8 Å². The second kappa shape index (κ2) is 6.43. The van der Waals surface area contributed by atoms with Crippen molar-refractivity contribution < 1.29 is 9.53 Å². The Balaban J connectivity index is 2.04. The maximum atomic E-state index is 12.1. The quantitative estimate of drug-likeness (QED) is 0.608. The molecule has 3 heteroatoms. The summed E-state index contributed by atoms with van der Waals surface area (Å²) >= 11 is 1.51. The molecule has 0 unspecified atom stereocenters. The third-order valence-corrected chi connectivity index (χ3v) is 3.82. The van der Waals surface area contributed by atoms with Crippen molar-refractivity contribution in [3.8, 4) is 5.75 Å². The lowest BCUT2D eigenvalue weighted by atomic mass is 10.1. The molecule has 0 fully saturated rings. The minimum absolute atomic E-state index is 0.139. The Kier molecular flexibility index (Phi) is 4.63. The molecular formula is C16H16O2S. The maximum Gasteiger partial charge on any atom is 0.173 e. The molecule has 19 heavy (non-hydrogen) atoms. The standard InChI is InChI=1S/C16H16O2S/c1-12-6-5-7-13(10-12)14(17)11-19-16-9-4-3-8-15(16)18-2/h3-10H,11H2,1-2H3. The topological polar surface area (TPSA) is 26.3 Å². The van der Waals surface area contributed by atoms with Crippen molar-refractivity contribution in [1.82, 2.24) is 0 Å². The van der Waals surface area contributed by atoms with Gasteiger partial charge in [-0.15, -0.1) is 11.8 Å². The van der Waals surface area contributed by atoms with Crippen LogP contribution in [0.5, 0.6) is 5.75 Å². The lowest BCUT2D eigenvalue weighted by molar-refractivity contribution is 0.102. The molecule has 0 amide bonds. The largest absolute Gasteiger partial charge is 0.496 e. The van der Waals surface area contributed by atoms with Gasteiger partial charge < -0.3 is 4.74 Å². The maximum absolute atomic E-state index is 12.1. The number of methoxy groups -OCH3 is 1. The van der Waals surface area contributed by atoms with Gasteiger partial charge in [0.15, 0.2) is 5.78 Å². The molecule has 0 spiro atoms. The first-order valence-electron chi connectivity index (χ1n) is 6.06. The first kappa shape index (κ1) is 13.7. The van der Waals surface area contributed by atoms with Crippen LogP contribution in [0.3, 0.4) is 0 Å². The zero-order valence-electron chi connectivity index (χ0n) is 11.1. The summed E-state index contributed by atoms with van der Waals surface area (Å²) in [7, 11) is 1.64. The van der Waals surface area contributed by atoms with E-state index in [0.29, 0.717) is 5.75 Å². The van der Waals surface area contributed by atoms with Crippen LogP contribution in [-0.4, -0.2) is 18.6 Å². The second-order valence-corrected chi connectivity index (χ2v) is 5.25. The molecule has 0 aliphatic carbocycles. The molecule has 2 nitrogen and oxygen atoms in total. The number of aryl methyl sites for hydroxylation is 1. The van der Waals surface area contributed by atoms with Crippen molar-refractivity contribution in [3.63, 3.8) is 0 Å². The zero-order valence-corrected chi connectivity index (χ0v) is 11.9. The van der Waals surface area contributed by atoms with Crippen LogP contribution >= 0.6 is 11.8 Å².